The van der Waals surface area contributed by atoms with Crippen molar-refractivity contribution in [3.63, 3.8) is 0 Å². The second-order valence-corrected chi connectivity index (χ2v) is 3.60. The highest BCUT2D eigenvalue weighted by molar-refractivity contribution is 5.95. The molecule has 0 saturated heterocycles. The summed E-state index contributed by atoms with van der Waals surface area (Å²) in [6.07, 6.45) is 1.32. The first-order valence-electron chi connectivity index (χ1n) is 5.57. The summed E-state index contributed by atoms with van der Waals surface area (Å²) < 4.78 is 4.80. The molecule has 0 heterocycles. The van der Waals surface area contributed by atoms with E-state index in [4.69, 9.17) is 9.84 Å². The van der Waals surface area contributed by atoms with Gasteiger partial charge in [-0.05, 0) is 31.0 Å². The van der Waals surface area contributed by atoms with Gasteiger partial charge in [-0.1, -0.05) is 6.07 Å². The first-order valence-corrected chi connectivity index (χ1v) is 5.57. The zero-order valence-corrected chi connectivity index (χ0v) is 10.0. The highest BCUT2D eigenvalue weighted by Crippen LogP contribution is 2.15. The zero-order chi connectivity index (χ0) is 13.5. The van der Waals surface area contributed by atoms with E-state index in [2.05, 4.69) is 0 Å². The molecule has 1 aromatic rings. The molecule has 0 atom stereocenters. The summed E-state index contributed by atoms with van der Waals surface area (Å²) in [4.78, 5) is 32.8. The second kappa shape index (κ2) is 6.54. The normalized spacial score (nSPS) is 9.83. The van der Waals surface area contributed by atoms with E-state index >= 15 is 0 Å². The van der Waals surface area contributed by atoms with Gasteiger partial charge in [0.2, 0.25) is 0 Å². The second-order valence-electron chi connectivity index (χ2n) is 3.60. The molecule has 0 aliphatic carbocycles. The molecule has 18 heavy (non-hydrogen) atoms. The van der Waals surface area contributed by atoms with Crippen LogP contribution >= 0.6 is 0 Å². The number of hydrogen-bond donors (Lipinski definition) is 1. The van der Waals surface area contributed by atoms with Gasteiger partial charge in [0.1, 0.15) is 6.29 Å². The molecule has 0 aliphatic heterocycles. The molecule has 5 heteroatoms. The molecule has 1 rings (SSSR count). The lowest BCUT2D eigenvalue weighted by molar-refractivity contribution is -0.107. The molecule has 0 aromatic heterocycles. The van der Waals surface area contributed by atoms with Crippen LogP contribution in [0.3, 0.4) is 0 Å². The van der Waals surface area contributed by atoms with Crippen molar-refractivity contribution in [1.82, 2.24) is 0 Å². The van der Waals surface area contributed by atoms with Crippen molar-refractivity contribution >= 4 is 18.2 Å². The van der Waals surface area contributed by atoms with E-state index in [9.17, 15) is 14.4 Å². The van der Waals surface area contributed by atoms with Gasteiger partial charge in [0.05, 0.1) is 17.7 Å². The average Bonchev–Trinajstić information content (AvgIpc) is 2.36. The van der Waals surface area contributed by atoms with Crippen LogP contribution in [0.25, 0.3) is 0 Å². The smallest absolute Gasteiger partial charge is 0.338 e. The number of benzene rings is 1. The van der Waals surface area contributed by atoms with Gasteiger partial charge < -0.3 is 14.6 Å². The van der Waals surface area contributed by atoms with Gasteiger partial charge in [-0.25, -0.2) is 9.59 Å². The van der Waals surface area contributed by atoms with E-state index < -0.39 is 11.9 Å². The van der Waals surface area contributed by atoms with Gasteiger partial charge in [0.15, 0.2) is 0 Å². The Morgan fingerprint density at radius 3 is 2.67 bits per heavy atom. The predicted molar refractivity (Wildman–Crippen MR) is 63.7 cm³/mol. The number of aldehydes is 1. The van der Waals surface area contributed by atoms with Crippen LogP contribution in [0.4, 0.5) is 0 Å². The van der Waals surface area contributed by atoms with Crippen LogP contribution in [0.2, 0.25) is 0 Å². The Bertz CT molecular complexity index is 464. The average molecular weight is 250 g/mol. The fraction of sp³-hybridized carbons (Fsp3) is 0.308. The van der Waals surface area contributed by atoms with E-state index in [1.54, 1.807) is 13.0 Å². The maximum Gasteiger partial charge on any atom is 0.338 e. The number of carboxylic acids is 1. The van der Waals surface area contributed by atoms with Gasteiger partial charge in [0.25, 0.3) is 0 Å². The van der Waals surface area contributed by atoms with Crippen molar-refractivity contribution in [1.29, 1.82) is 0 Å². The lowest BCUT2D eigenvalue weighted by atomic mass is 10.0. The molecule has 0 aliphatic rings. The summed E-state index contributed by atoms with van der Waals surface area (Å²) >= 11 is 0. The monoisotopic (exact) mass is 250 g/mol. The fourth-order valence-corrected chi connectivity index (χ4v) is 1.55. The van der Waals surface area contributed by atoms with Crippen molar-refractivity contribution in [2.45, 2.75) is 19.8 Å². The molecule has 96 valence electrons. The minimum atomic E-state index is -1.12. The van der Waals surface area contributed by atoms with Gasteiger partial charge >= 0.3 is 11.9 Å². The van der Waals surface area contributed by atoms with Gasteiger partial charge in [-0.2, -0.15) is 0 Å². The number of aromatic carboxylic acids is 1. The molecule has 1 aromatic carbocycles. The number of carbonyl (C=O) groups excluding carboxylic acids is 2. The Morgan fingerprint density at radius 1 is 1.39 bits per heavy atom. The van der Waals surface area contributed by atoms with Crippen LogP contribution in [0.15, 0.2) is 18.2 Å². The van der Waals surface area contributed by atoms with Gasteiger partial charge in [0, 0.05) is 6.42 Å². The van der Waals surface area contributed by atoms with E-state index in [1.165, 1.54) is 12.1 Å². The Labute approximate surface area is 104 Å². The number of hydrogen-bond acceptors (Lipinski definition) is 4. The van der Waals surface area contributed by atoms with Crippen LogP contribution in [0, 0.1) is 0 Å². The topological polar surface area (TPSA) is 80.7 Å². The Morgan fingerprint density at radius 2 is 2.11 bits per heavy atom. The van der Waals surface area contributed by atoms with Crippen LogP contribution in [0.1, 0.15) is 39.6 Å². The summed E-state index contributed by atoms with van der Waals surface area (Å²) in [6.45, 7) is 1.91. The Balaban J connectivity index is 3.06. The van der Waals surface area contributed by atoms with Crippen LogP contribution in [0.5, 0.6) is 0 Å². The summed E-state index contributed by atoms with van der Waals surface area (Å²) in [5.41, 5.74) is 0.758. The quantitative estimate of drug-likeness (QED) is 0.613. The fourth-order valence-electron chi connectivity index (χ4n) is 1.55. The van der Waals surface area contributed by atoms with Crippen molar-refractivity contribution in [3.8, 4) is 0 Å². The first-order chi connectivity index (χ1) is 8.60. The van der Waals surface area contributed by atoms with Crippen LogP contribution in [-0.4, -0.2) is 29.9 Å². The molecule has 0 bridgehead atoms. The lowest BCUT2D eigenvalue weighted by Gasteiger charge is -2.07. The number of carbonyl (C=O) groups is 3. The molecule has 0 radical (unpaired) electrons. The highest BCUT2D eigenvalue weighted by Gasteiger charge is 2.14. The maximum absolute atomic E-state index is 11.5. The summed E-state index contributed by atoms with van der Waals surface area (Å²) in [5, 5.41) is 9.06. The standard InChI is InChI=1S/C13H14O5/c1-2-18-13(17)10-6-5-9(4-3-7-14)11(8-10)12(15)16/h5-8H,2-4H2,1H3,(H,15,16). The highest BCUT2D eigenvalue weighted by atomic mass is 16.5. The SMILES string of the molecule is CCOC(=O)c1ccc(CCC=O)c(C(=O)O)c1. The van der Waals surface area contributed by atoms with Gasteiger partial charge in [-0.15, -0.1) is 0 Å². The maximum atomic E-state index is 11.5. The lowest BCUT2D eigenvalue weighted by Crippen LogP contribution is -2.09. The molecule has 1 N–H and O–H groups in total. The third kappa shape index (κ3) is 3.41. The molecule has 0 spiro atoms. The van der Waals surface area contributed by atoms with Crippen LogP contribution in [-0.2, 0) is 16.0 Å². The molecular weight excluding hydrogens is 236 g/mol. The summed E-state index contributed by atoms with van der Waals surface area (Å²) in [7, 11) is 0. The Hall–Kier alpha value is -2.17. The molecule has 0 unspecified atom stereocenters. The minimum Gasteiger partial charge on any atom is -0.478 e. The van der Waals surface area contributed by atoms with E-state index in [0.717, 1.165) is 6.29 Å². The van der Waals surface area contributed by atoms with Crippen molar-refractivity contribution < 1.29 is 24.2 Å². The van der Waals surface area contributed by atoms with Crippen molar-refractivity contribution in [2.24, 2.45) is 0 Å². The third-order valence-corrected chi connectivity index (χ3v) is 2.38. The molecule has 0 saturated carbocycles. The minimum absolute atomic E-state index is 0.0300. The number of carboxylic acid groups (broad SMARTS) is 1. The number of ether oxygens (including phenoxy) is 1. The van der Waals surface area contributed by atoms with Crippen molar-refractivity contribution in [3.05, 3.63) is 34.9 Å². The third-order valence-electron chi connectivity index (χ3n) is 2.38. The first kappa shape index (κ1) is 13.9. The molecular formula is C13H14O5. The van der Waals surface area contributed by atoms with E-state index in [0.29, 0.717) is 12.0 Å². The molecule has 0 fully saturated rings. The summed E-state index contributed by atoms with van der Waals surface area (Å²) in [6, 6.07) is 4.32. The zero-order valence-electron chi connectivity index (χ0n) is 10.0. The van der Waals surface area contributed by atoms with E-state index in [-0.39, 0.29) is 24.2 Å². The van der Waals surface area contributed by atoms with E-state index in [1.807, 2.05) is 0 Å². The van der Waals surface area contributed by atoms with Crippen LogP contribution < -0.4 is 0 Å². The largest absolute Gasteiger partial charge is 0.478 e. The molecule has 0 amide bonds. The molecule has 5 nitrogen and oxygen atoms in total. The summed E-state index contributed by atoms with van der Waals surface area (Å²) in [5.74, 6) is -1.68. The van der Waals surface area contributed by atoms with Gasteiger partial charge in [-0.3, -0.25) is 0 Å². The Kier molecular flexibility index (Phi) is 5.05. The number of aryl methyl sites for hydroxylation is 1. The van der Waals surface area contributed by atoms with Crippen molar-refractivity contribution in [2.75, 3.05) is 6.61 Å². The predicted octanol–water partition coefficient (Wildman–Crippen LogP) is 1.69. The number of rotatable bonds is 6. The number of esters is 1.